The lowest BCUT2D eigenvalue weighted by atomic mass is 10.1. The normalized spacial score (nSPS) is 15.1. The zero-order chi connectivity index (χ0) is 18.6. The molecule has 3 aromatic rings. The van der Waals surface area contributed by atoms with E-state index in [4.69, 9.17) is 0 Å². The lowest BCUT2D eigenvalue weighted by Gasteiger charge is -2.27. The number of fused-ring (bicyclic) bond motifs is 1. The summed E-state index contributed by atoms with van der Waals surface area (Å²) in [5, 5.41) is 17.0. The van der Waals surface area contributed by atoms with Crippen molar-refractivity contribution in [1.82, 2.24) is 24.9 Å². The molecule has 0 saturated carbocycles. The van der Waals surface area contributed by atoms with E-state index in [1.165, 1.54) is 11.8 Å². The fraction of sp³-hybridized carbons (Fsp3) is 0.316. The van der Waals surface area contributed by atoms with Gasteiger partial charge in [0, 0.05) is 45.5 Å². The highest BCUT2D eigenvalue weighted by Crippen LogP contribution is 2.18. The van der Waals surface area contributed by atoms with Crippen molar-refractivity contribution in [2.75, 3.05) is 31.5 Å². The Hall–Kier alpha value is -2.97. The Morgan fingerprint density at radius 3 is 2.81 bits per heavy atom. The average Bonchev–Trinajstić information content (AvgIpc) is 2.71. The van der Waals surface area contributed by atoms with Crippen LogP contribution in [0.2, 0.25) is 0 Å². The highest BCUT2D eigenvalue weighted by Gasteiger charge is 2.12. The van der Waals surface area contributed by atoms with E-state index < -0.39 is 5.69 Å². The van der Waals surface area contributed by atoms with Gasteiger partial charge in [0.05, 0.1) is 5.39 Å². The van der Waals surface area contributed by atoms with Crippen LogP contribution in [0.3, 0.4) is 0 Å². The lowest BCUT2D eigenvalue weighted by molar-refractivity contribution is 0.182. The van der Waals surface area contributed by atoms with E-state index in [0.717, 1.165) is 38.3 Å². The number of hydrogen-bond donors (Lipinski definition) is 3. The third-order valence-corrected chi connectivity index (χ3v) is 4.70. The molecule has 0 atom stereocenters. The van der Waals surface area contributed by atoms with Gasteiger partial charge >= 0.3 is 5.69 Å². The van der Waals surface area contributed by atoms with Crippen LogP contribution >= 0.6 is 0 Å². The summed E-state index contributed by atoms with van der Waals surface area (Å²) in [5.41, 5.74) is 1.81. The number of rotatable bonds is 5. The summed E-state index contributed by atoms with van der Waals surface area (Å²) >= 11 is 0. The number of anilines is 1. The van der Waals surface area contributed by atoms with E-state index >= 15 is 0 Å². The summed E-state index contributed by atoms with van der Waals surface area (Å²) in [6, 6.07) is 11.9. The molecular formula is C19H22N6O2. The Labute approximate surface area is 156 Å². The van der Waals surface area contributed by atoms with Crippen molar-refractivity contribution in [1.29, 1.82) is 0 Å². The van der Waals surface area contributed by atoms with Crippen LogP contribution in [0.25, 0.3) is 11.0 Å². The third kappa shape index (κ3) is 3.91. The Bertz CT molecular complexity index is 997. The van der Waals surface area contributed by atoms with Crippen molar-refractivity contribution in [3.05, 3.63) is 64.2 Å². The second kappa shape index (κ2) is 7.73. The van der Waals surface area contributed by atoms with Crippen molar-refractivity contribution in [3.63, 3.8) is 0 Å². The minimum Gasteiger partial charge on any atom is -0.422 e. The summed E-state index contributed by atoms with van der Waals surface area (Å²) in [6.07, 6.45) is 1.53. The molecule has 2 aromatic heterocycles. The van der Waals surface area contributed by atoms with Gasteiger partial charge in [-0.3, -0.25) is 4.90 Å². The van der Waals surface area contributed by atoms with Crippen LogP contribution in [-0.2, 0) is 13.1 Å². The summed E-state index contributed by atoms with van der Waals surface area (Å²) in [4.78, 5) is 22.3. The molecule has 27 heavy (non-hydrogen) atoms. The maximum atomic E-state index is 11.9. The molecule has 0 spiro atoms. The predicted octanol–water partition coefficient (Wildman–Crippen LogP) is 1.05. The molecular weight excluding hydrogens is 344 g/mol. The molecule has 1 aliphatic rings. The topological polar surface area (TPSA) is 95.3 Å². The SMILES string of the molecule is O=c1nc(NCc2cccc(CN3CCNCC3)c2)c2cccnc2n1O. The zero-order valence-electron chi connectivity index (χ0n) is 14.9. The van der Waals surface area contributed by atoms with Gasteiger partial charge in [0.25, 0.3) is 0 Å². The summed E-state index contributed by atoms with van der Waals surface area (Å²) < 4.78 is 0.467. The van der Waals surface area contributed by atoms with Gasteiger partial charge in [0.15, 0.2) is 5.65 Å². The molecule has 1 aromatic carbocycles. The van der Waals surface area contributed by atoms with Gasteiger partial charge in [-0.2, -0.15) is 4.98 Å². The molecule has 0 aliphatic carbocycles. The first-order valence-corrected chi connectivity index (χ1v) is 9.02. The van der Waals surface area contributed by atoms with E-state index in [1.54, 1.807) is 12.1 Å². The highest BCUT2D eigenvalue weighted by atomic mass is 16.5. The minimum absolute atomic E-state index is 0.187. The van der Waals surface area contributed by atoms with Crippen LogP contribution < -0.4 is 16.3 Å². The van der Waals surface area contributed by atoms with Crippen LogP contribution in [0.1, 0.15) is 11.1 Å². The Morgan fingerprint density at radius 2 is 1.96 bits per heavy atom. The number of pyridine rings is 1. The molecule has 1 saturated heterocycles. The zero-order valence-corrected chi connectivity index (χ0v) is 14.9. The monoisotopic (exact) mass is 366 g/mol. The minimum atomic E-state index is -0.754. The number of piperazine rings is 1. The van der Waals surface area contributed by atoms with Crippen LogP contribution in [0, 0.1) is 0 Å². The van der Waals surface area contributed by atoms with Crippen LogP contribution in [0.5, 0.6) is 0 Å². The first-order chi connectivity index (χ1) is 13.2. The lowest BCUT2D eigenvalue weighted by Crippen LogP contribution is -2.42. The first-order valence-electron chi connectivity index (χ1n) is 9.02. The standard InChI is InChI=1S/C19H22N6O2/c26-19-23-17(16-5-2-6-21-18(16)25(19)27)22-12-14-3-1-4-15(11-14)13-24-9-7-20-8-10-24/h1-6,11,20,27H,7-10,12-13H2,(H,22,23,26). The molecule has 0 amide bonds. The second-order valence-corrected chi connectivity index (χ2v) is 6.63. The number of nitrogens with one attached hydrogen (secondary N) is 2. The molecule has 1 aliphatic heterocycles. The van der Waals surface area contributed by atoms with Gasteiger partial charge in [-0.05, 0) is 23.3 Å². The van der Waals surface area contributed by atoms with Crippen LogP contribution in [0.15, 0.2) is 47.4 Å². The van der Waals surface area contributed by atoms with Crippen LogP contribution in [-0.4, -0.2) is 51.0 Å². The molecule has 8 heteroatoms. The van der Waals surface area contributed by atoms with Gasteiger partial charge in [0.1, 0.15) is 5.82 Å². The molecule has 8 nitrogen and oxygen atoms in total. The van der Waals surface area contributed by atoms with Crippen LogP contribution in [0.4, 0.5) is 5.82 Å². The average molecular weight is 366 g/mol. The smallest absolute Gasteiger partial charge is 0.384 e. The first kappa shape index (κ1) is 17.4. The number of benzene rings is 1. The van der Waals surface area contributed by atoms with Crippen molar-refractivity contribution < 1.29 is 5.21 Å². The van der Waals surface area contributed by atoms with Gasteiger partial charge in [-0.15, -0.1) is 4.73 Å². The summed E-state index contributed by atoms with van der Waals surface area (Å²) in [7, 11) is 0. The molecule has 140 valence electrons. The van der Waals surface area contributed by atoms with Crippen molar-refractivity contribution >= 4 is 16.9 Å². The number of nitrogens with zero attached hydrogens (tertiary/aromatic N) is 4. The van der Waals surface area contributed by atoms with Gasteiger partial charge in [-0.25, -0.2) is 9.78 Å². The van der Waals surface area contributed by atoms with E-state index in [0.29, 0.717) is 22.5 Å². The molecule has 0 radical (unpaired) electrons. The Kier molecular flexibility index (Phi) is 4.99. The van der Waals surface area contributed by atoms with Crippen molar-refractivity contribution in [2.45, 2.75) is 13.1 Å². The van der Waals surface area contributed by atoms with Gasteiger partial charge < -0.3 is 15.8 Å². The van der Waals surface area contributed by atoms with Gasteiger partial charge in [0.2, 0.25) is 0 Å². The third-order valence-electron chi connectivity index (χ3n) is 4.70. The fourth-order valence-electron chi connectivity index (χ4n) is 3.33. The van der Waals surface area contributed by atoms with E-state index in [9.17, 15) is 10.0 Å². The second-order valence-electron chi connectivity index (χ2n) is 6.63. The quantitative estimate of drug-likeness (QED) is 0.581. The predicted molar refractivity (Wildman–Crippen MR) is 103 cm³/mol. The molecule has 0 bridgehead atoms. The molecule has 3 N–H and O–H groups in total. The maximum Gasteiger partial charge on any atom is 0.384 e. The summed E-state index contributed by atoms with van der Waals surface area (Å²) in [5.74, 6) is 0.418. The van der Waals surface area contributed by atoms with Gasteiger partial charge in [-0.1, -0.05) is 24.3 Å². The highest BCUT2D eigenvalue weighted by molar-refractivity contribution is 5.86. The van der Waals surface area contributed by atoms with E-state index in [-0.39, 0.29) is 5.65 Å². The number of hydrogen-bond acceptors (Lipinski definition) is 7. The molecule has 3 heterocycles. The van der Waals surface area contributed by atoms with Crippen molar-refractivity contribution in [3.8, 4) is 0 Å². The largest absolute Gasteiger partial charge is 0.422 e. The maximum absolute atomic E-state index is 11.9. The van der Waals surface area contributed by atoms with E-state index in [2.05, 4.69) is 37.6 Å². The molecule has 0 unspecified atom stereocenters. The molecule has 4 rings (SSSR count). The summed E-state index contributed by atoms with van der Waals surface area (Å²) in [6.45, 7) is 5.64. The van der Waals surface area contributed by atoms with Crippen molar-refractivity contribution in [2.24, 2.45) is 0 Å². The Balaban J connectivity index is 1.51. The number of aromatic nitrogens is 3. The molecule has 1 fully saturated rings. The Morgan fingerprint density at radius 1 is 1.15 bits per heavy atom. The fourth-order valence-corrected chi connectivity index (χ4v) is 3.33. The van der Waals surface area contributed by atoms with E-state index in [1.807, 2.05) is 12.1 Å².